The average Bonchev–Trinajstić information content (AvgIpc) is 2.40. The van der Waals surface area contributed by atoms with E-state index in [-0.39, 0.29) is 0 Å². The smallest absolute Gasteiger partial charge is 0.164 e. The number of methoxy groups -OCH3 is 2. The van der Waals surface area contributed by atoms with Gasteiger partial charge in [0.15, 0.2) is 11.5 Å². The van der Waals surface area contributed by atoms with Gasteiger partial charge in [0, 0.05) is 5.56 Å². The van der Waals surface area contributed by atoms with Crippen LogP contribution in [0, 0.1) is 13.8 Å². The second-order valence-corrected chi connectivity index (χ2v) is 5.00. The van der Waals surface area contributed by atoms with Crippen molar-refractivity contribution < 1.29 is 9.47 Å². The highest BCUT2D eigenvalue weighted by Gasteiger charge is 2.15. The maximum atomic E-state index is 5.57. The molecule has 102 valence electrons. The van der Waals surface area contributed by atoms with E-state index in [1.165, 1.54) is 27.5 Å². The maximum absolute atomic E-state index is 5.57. The van der Waals surface area contributed by atoms with Crippen LogP contribution in [-0.4, -0.2) is 14.2 Å². The summed E-state index contributed by atoms with van der Waals surface area (Å²) >= 11 is 0. The van der Waals surface area contributed by atoms with E-state index in [1.807, 2.05) is 0 Å². The van der Waals surface area contributed by atoms with Crippen molar-refractivity contribution in [1.29, 1.82) is 0 Å². The lowest BCUT2D eigenvalue weighted by Crippen LogP contribution is -1.98. The minimum Gasteiger partial charge on any atom is -0.493 e. The molecule has 0 radical (unpaired) electrons. The molecule has 0 heterocycles. The van der Waals surface area contributed by atoms with Crippen molar-refractivity contribution in [3.63, 3.8) is 0 Å². The molecule has 0 N–H and O–H groups in total. The van der Waals surface area contributed by atoms with E-state index >= 15 is 0 Å². The van der Waals surface area contributed by atoms with Gasteiger partial charge in [-0.05, 0) is 48.2 Å². The van der Waals surface area contributed by atoms with Crippen molar-refractivity contribution in [2.45, 2.75) is 33.6 Å². The van der Waals surface area contributed by atoms with Gasteiger partial charge < -0.3 is 9.47 Å². The van der Waals surface area contributed by atoms with Crippen LogP contribution < -0.4 is 9.47 Å². The Bertz CT molecular complexity index is 600. The van der Waals surface area contributed by atoms with E-state index in [0.717, 1.165) is 24.3 Å². The van der Waals surface area contributed by atoms with Crippen molar-refractivity contribution in [2.24, 2.45) is 0 Å². The highest BCUT2D eigenvalue weighted by atomic mass is 16.5. The second-order valence-electron chi connectivity index (χ2n) is 5.00. The standard InChI is InChI=1S/C17H22O2/c1-6-7-14-15-9-12(3)11(2)8-13(15)10-16(18-4)17(14)19-5/h8-10H,6-7H2,1-5H3. The molecule has 2 aromatic carbocycles. The van der Waals surface area contributed by atoms with E-state index in [4.69, 9.17) is 9.47 Å². The molecule has 0 fully saturated rings. The lowest BCUT2D eigenvalue weighted by molar-refractivity contribution is 0.352. The van der Waals surface area contributed by atoms with Crippen LogP contribution in [0.3, 0.4) is 0 Å². The molecule has 2 heteroatoms. The quantitative estimate of drug-likeness (QED) is 0.808. The first-order valence-electron chi connectivity index (χ1n) is 6.77. The predicted molar refractivity (Wildman–Crippen MR) is 80.5 cm³/mol. The van der Waals surface area contributed by atoms with Gasteiger partial charge >= 0.3 is 0 Å². The Labute approximate surface area is 115 Å². The number of rotatable bonds is 4. The molecular weight excluding hydrogens is 236 g/mol. The molecule has 2 rings (SSSR count). The Kier molecular flexibility index (Phi) is 3.98. The van der Waals surface area contributed by atoms with Gasteiger partial charge in [-0.15, -0.1) is 0 Å². The van der Waals surface area contributed by atoms with Gasteiger partial charge in [-0.1, -0.05) is 25.5 Å². The van der Waals surface area contributed by atoms with Gasteiger partial charge in [-0.25, -0.2) is 0 Å². The Balaban J connectivity index is 2.83. The van der Waals surface area contributed by atoms with Gasteiger partial charge in [0.2, 0.25) is 0 Å². The van der Waals surface area contributed by atoms with Gasteiger partial charge in [0.1, 0.15) is 0 Å². The number of hydrogen-bond acceptors (Lipinski definition) is 2. The molecule has 0 aliphatic rings. The molecule has 0 atom stereocenters. The molecule has 19 heavy (non-hydrogen) atoms. The summed E-state index contributed by atoms with van der Waals surface area (Å²) in [6.45, 7) is 6.48. The molecule has 0 unspecified atom stereocenters. The largest absolute Gasteiger partial charge is 0.493 e. The first kappa shape index (κ1) is 13.7. The minimum atomic E-state index is 0.821. The number of benzene rings is 2. The van der Waals surface area contributed by atoms with Crippen LogP contribution in [0.1, 0.15) is 30.0 Å². The summed E-state index contributed by atoms with van der Waals surface area (Å²) in [5.41, 5.74) is 3.88. The van der Waals surface area contributed by atoms with E-state index in [9.17, 15) is 0 Å². The number of ether oxygens (including phenoxy) is 2. The highest BCUT2D eigenvalue weighted by Crippen LogP contribution is 2.39. The van der Waals surface area contributed by atoms with Crippen LogP contribution in [0.4, 0.5) is 0 Å². The van der Waals surface area contributed by atoms with Crippen LogP contribution in [0.25, 0.3) is 10.8 Å². The second kappa shape index (κ2) is 5.52. The third-order valence-electron chi connectivity index (χ3n) is 3.70. The van der Waals surface area contributed by atoms with Crippen molar-refractivity contribution in [3.05, 3.63) is 34.9 Å². The Morgan fingerprint density at radius 1 is 0.947 bits per heavy atom. The topological polar surface area (TPSA) is 18.5 Å². The molecule has 2 nitrogen and oxygen atoms in total. The fourth-order valence-corrected chi connectivity index (χ4v) is 2.57. The molecule has 0 spiro atoms. The minimum absolute atomic E-state index is 0.821. The van der Waals surface area contributed by atoms with Crippen LogP contribution >= 0.6 is 0 Å². The lowest BCUT2D eigenvalue weighted by atomic mass is 9.95. The Hall–Kier alpha value is -1.70. The summed E-state index contributed by atoms with van der Waals surface area (Å²) in [6.07, 6.45) is 2.09. The van der Waals surface area contributed by atoms with Gasteiger partial charge in [-0.2, -0.15) is 0 Å². The molecule has 0 aromatic heterocycles. The lowest BCUT2D eigenvalue weighted by Gasteiger charge is -2.16. The Morgan fingerprint density at radius 2 is 1.63 bits per heavy atom. The summed E-state index contributed by atoms with van der Waals surface area (Å²) < 4.78 is 11.0. The van der Waals surface area contributed by atoms with E-state index in [1.54, 1.807) is 14.2 Å². The van der Waals surface area contributed by atoms with E-state index < -0.39 is 0 Å². The summed E-state index contributed by atoms with van der Waals surface area (Å²) in [4.78, 5) is 0. The van der Waals surface area contributed by atoms with Gasteiger partial charge in [-0.3, -0.25) is 0 Å². The van der Waals surface area contributed by atoms with E-state index in [2.05, 4.69) is 39.0 Å². The third kappa shape index (κ3) is 2.40. The van der Waals surface area contributed by atoms with Crippen LogP contribution in [0.2, 0.25) is 0 Å². The number of aryl methyl sites for hydroxylation is 3. The molecule has 0 amide bonds. The Morgan fingerprint density at radius 3 is 2.21 bits per heavy atom. The monoisotopic (exact) mass is 258 g/mol. The normalized spacial score (nSPS) is 10.8. The first-order valence-corrected chi connectivity index (χ1v) is 6.77. The fraction of sp³-hybridized carbons (Fsp3) is 0.412. The highest BCUT2D eigenvalue weighted by molar-refractivity contribution is 5.91. The zero-order valence-corrected chi connectivity index (χ0v) is 12.5. The third-order valence-corrected chi connectivity index (χ3v) is 3.70. The average molecular weight is 258 g/mol. The zero-order chi connectivity index (χ0) is 14.0. The molecule has 0 bridgehead atoms. The summed E-state index contributed by atoms with van der Waals surface area (Å²) in [6, 6.07) is 6.56. The van der Waals surface area contributed by atoms with Crippen LogP contribution in [0.15, 0.2) is 18.2 Å². The maximum Gasteiger partial charge on any atom is 0.164 e. The molecule has 0 saturated carbocycles. The van der Waals surface area contributed by atoms with Crippen molar-refractivity contribution in [1.82, 2.24) is 0 Å². The number of fused-ring (bicyclic) bond motifs is 1. The fourth-order valence-electron chi connectivity index (χ4n) is 2.57. The summed E-state index contributed by atoms with van der Waals surface area (Å²) in [5.74, 6) is 1.70. The molecule has 2 aromatic rings. The first-order chi connectivity index (χ1) is 9.12. The van der Waals surface area contributed by atoms with Crippen molar-refractivity contribution in [2.75, 3.05) is 14.2 Å². The van der Waals surface area contributed by atoms with E-state index in [0.29, 0.717) is 0 Å². The summed E-state index contributed by atoms with van der Waals surface area (Å²) in [5, 5.41) is 2.51. The number of hydrogen-bond donors (Lipinski definition) is 0. The molecular formula is C17H22O2. The molecule has 0 aliphatic carbocycles. The van der Waals surface area contributed by atoms with Crippen LogP contribution in [0.5, 0.6) is 11.5 Å². The molecule has 0 aliphatic heterocycles. The SMILES string of the molecule is CCCc1c(OC)c(OC)cc2cc(C)c(C)cc12. The molecule has 0 saturated heterocycles. The van der Waals surface area contributed by atoms with Gasteiger partial charge in [0.25, 0.3) is 0 Å². The van der Waals surface area contributed by atoms with Crippen molar-refractivity contribution in [3.8, 4) is 11.5 Å². The van der Waals surface area contributed by atoms with Crippen LogP contribution in [-0.2, 0) is 6.42 Å². The van der Waals surface area contributed by atoms with Gasteiger partial charge in [0.05, 0.1) is 14.2 Å². The van der Waals surface area contributed by atoms with Crippen molar-refractivity contribution >= 4 is 10.8 Å². The predicted octanol–water partition coefficient (Wildman–Crippen LogP) is 4.43. The summed E-state index contributed by atoms with van der Waals surface area (Å²) in [7, 11) is 3.41. The zero-order valence-electron chi connectivity index (χ0n) is 12.5.